The van der Waals surface area contributed by atoms with Crippen molar-refractivity contribution in [2.75, 3.05) is 13.1 Å². The van der Waals surface area contributed by atoms with Crippen molar-refractivity contribution in [1.29, 1.82) is 0 Å². The van der Waals surface area contributed by atoms with Gasteiger partial charge in [-0.15, -0.1) is 0 Å². The van der Waals surface area contributed by atoms with Gasteiger partial charge in [-0.25, -0.2) is 0 Å². The Morgan fingerprint density at radius 1 is 0.650 bits per heavy atom. The van der Waals surface area contributed by atoms with E-state index in [1.165, 1.54) is 22.3 Å². The van der Waals surface area contributed by atoms with Gasteiger partial charge in [-0.1, -0.05) is 48.5 Å². The molecular formula is C18H20N2. The van der Waals surface area contributed by atoms with E-state index in [2.05, 4.69) is 59.2 Å². The van der Waals surface area contributed by atoms with Gasteiger partial charge in [0, 0.05) is 0 Å². The average Bonchev–Trinajstić information content (AvgIpc) is 2.54. The van der Waals surface area contributed by atoms with Crippen LogP contribution in [-0.2, 0) is 12.8 Å². The van der Waals surface area contributed by atoms with Crippen LogP contribution in [0.1, 0.15) is 34.3 Å². The first-order valence-electron chi connectivity index (χ1n) is 7.56. The van der Waals surface area contributed by atoms with Crippen molar-refractivity contribution < 1.29 is 0 Å². The van der Waals surface area contributed by atoms with Crippen LogP contribution in [0.3, 0.4) is 0 Å². The van der Waals surface area contributed by atoms with Crippen LogP contribution in [0.4, 0.5) is 0 Å². The molecule has 4 rings (SSSR count). The van der Waals surface area contributed by atoms with Gasteiger partial charge in [0.1, 0.15) is 0 Å². The lowest BCUT2D eigenvalue weighted by Gasteiger charge is -2.37. The van der Waals surface area contributed by atoms with Crippen molar-refractivity contribution >= 4 is 0 Å². The van der Waals surface area contributed by atoms with Gasteiger partial charge in [-0.3, -0.25) is 0 Å². The van der Waals surface area contributed by atoms with E-state index >= 15 is 0 Å². The molecule has 0 aliphatic carbocycles. The molecule has 0 bridgehead atoms. The molecule has 0 saturated carbocycles. The third kappa shape index (κ3) is 1.96. The Hall–Kier alpha value is -1.64. The number of nitrogens with one attached hydrogen (secondary N) is 2. The molecular weight excluding hydrogens is 244 g/mol. The van der Waals surface area contributed by atoms with Gasteiger partial charge in [0.05, 0.1) is 12.1 Å². The second kappa shape index (κ2) is 5.04. The minimum Gasteiger partial charge on any atom is -0.308 e. The van der Waals surface area contributed by atoms with Crippen molar-refractivity contribution in [3.8, 4) is 0 Å². The van der Waals surface area contributed by atoms with Gasteiger partial charge in [-0.2, -0.15) is 0 Å². The number of hydrogen-bond donors (Lipinski definition) is 2. The maximum atomic E-state index is 3.72. The summed E-state index contributed by atoms with van der Waals surface area (Å²) in [7, 11) is 0. The Kier molecular flexibility index (Phi) is 3.06. The maximum absolute atomic E-state index is 3.72. The van der Waals surface area contributed by atoms with E-state index in [0.29, 0.717) is 12.1 Å². The Balaban J connectivity index is 1.77. The van der Waals surface area contributed by atoms with E-state index in [1.807, 2.05) is 0 Å². The van der Waals surface area contributed by atoms with Gasteiger partial charge in [0.2, 0.25) is 0 Å². The number of fused-ring (bicyclic) bond motifs is 2. The molecule has 2 atom stereocenters. The van der Waals surface area contributed by atoms with E-state index in [4.69, 9.17) is 0 Å². The molecule has 0 radical (unpaired) electrons. The summed E-state index contributed by atoms with van der Waals surface area (Å²) in [5.74, 6) is 0. The Labute approximate surface area is 120 Å². The van der Waals surface area contributed by atoms with Crippen molar-refractivity contribution in [1.82, 2.24) is 10.6 Å². The van der Waals surface area contributed by atoms with Gasteiger partial charge in [-0.05, 0) is 48.2 Å². The van der Waals surface area contributed by atoms with Gasteiger partial charge in [0.15, 0.2) is 0 Å². The monoisotopic (exact) mass is 264 g/mol. The lowest BCUT2D eigenvalue weighted by Crippen LogP contribution is -2.42. The minimum atomic E-state index is 0.390. The molecule has 2 heterocycles. The first-order chi connectivity index (χ1) is 9.93. The first kappa shape index (κ1) is 12.1. The van der Waals surface area contributed by atoms with Crippen LogP contribution in [0.2, 0.25) is 0 Å². The molecule has 102 valence electrons. The molecule has 0 fully saturated rings. The highest BCUT2D eigenvalue weighted by molar-refractivity contribution is 5.39. The van der Waals surface area contributed by atoms with Crippen molar-refractivity contribution in [2.24, 2.45) is 0 Å². The van der Waals surface area contributed by atoms with Crippen LogP contribution in [0.5, 0.6) is 0 Å². The quantitative estimate of drug-likeness (QED) is 0.827. The molecule has 2 nitrogen and oxygen atoms in total. The van der Waals surface area contributed by atoms with E-state index in [-0.39, 0.29) is 0 Å². The summed E-state index contributed by atoms with van der Waals surface area (Å²) >= 11 is 0. The lowest BCUT2D eigenvalue weighted by molar-refractivity contribution is 0.359. The predicted molar refractivity (Wildman–Crippen MR) is 81.8 cm³/mol. The van der Waals surface area contributed by atoms with Crippen molar-refractivity contribution in [3.05, 3.63) is 70.8 Å². The molecule has 20 heavy (non-hydrogen) atoms. The highest BCUT2D eigenvalue weighted by atomic mass is 15.0. The van der Waals surface area contributed by atoms with Crippen LogP contribution in [0.25, 0.3) is 0 Å². The summed E-state index contributed by atoms with van der Waals surface area (Å²) in [6.45, 7) is 2.14. The Bertz CT molecular complexity index is 565. The molecule has 2 aliphatic heterocycles. The van der Waals surface area contributed by atoms with Gasteiger partial charge in [0.25, 0.3) is 0 Å². The first-order valence-corrected chi connectivity index (χ1v) is 7.56. The summed E-state index contributed by atoms with van der Waals surface area (Å²) < 4.78 is 0. The molecule has 0 unspecified atom stereocenters. The summed E-state index contributed by atoms with van der Waals surface area (Å²) in [6.07, 6.45) is 2.28. The molecule has 0 spiro atoms. The molecule has 2 N–H and O–H groups in total. The fourth-order valence-corrected chi connectivity index (χ4v) is 3.67. The normalized spacial score (nSPS) is 24.8. The molecule has 0 saturated heterocycles. The van der Waals surface area contributed by atoms with Crippen LogP contribution in [-0.4, -0.2) is 13.1 Å². The van der Waals surface area contributed by atoms with Gasteiger partial charge >= 0.3 is 0 Å². The van der Waals surface area contributed by atoms with E-state index < -0.39 is 0 Å². The van der Waals surface area contributed by atoms with Crippen molar-refractivity contribution in [2.45, 2.75) is 24.9 Å². The number of rotatable bonds is 1. The molecule has 2 aromatic rings. The van der Waals surface area contributed by atoms with E-state index in [9.17, 15) is 0 Å². The third-order valence-corrected chi connectivity index (χ3v) is 4.63. The zero-order chi connectivity index (χ0) is 13.4. The topological polar surface area (TPSA) is 24.1 Å². The van der Waals surface area contributed by atoms with Crippen LogP contribution in [0.15, 0.2) is 48.5 Å². The molecule has 2 aliphatic rings. The average molecular weight is 264 g/mol. The van der Waals surface area contributed by atoms with Gasteiger partial charge < -0.3 is 10.6 Å². The Morgan fingerprint density at radius 2 is 1.10 bits per heavy atom. The fraction of sp³-hybridized carbons (Fsp3) is 0.333. The smallest absolute Gasteiger partial charge is 0.0521 e. The summed E-state index contributed by atoms with van der Waals surface area (Å²) in [5.41, 5.74) is 5.93. The lowest BCUT2D eigenvalue weighted by atomic mass is 9.83. The molecule has 2 aromatic carbocycles. The number of benzene rings is 2. The number of hydrogen-bond acceptors (Lipinski definition) is 2. The largest absolute Gasteiger partial charge is 0.308 e. The Morgan fingerprint density at radius 3 is 1.60 bits per heavy atom. The van der Waals surface area contributed by atoms with Crippen LogP contribution >= 0.6 is 0 Å². The van der Waals surface area contributed by atoms with Crippen LogP contribution < -0.4 is 10.6 Å². The zero-order valence-corrected chi connectivity index (χ0v) is 11.6. The van der Waals surface area contributed by atoms with Crippen LogP contribution in [0, 0.1) is 0 Å². The van der Waals surface area contributed by atoms with E-state index in [1.54, 1.807) is 0 Å². The molecule has 0 amide bonds. The minimum absolute atomic E-state index is 0.390. The SMILES string of the molecule is c1ccc2c(c1)CCN[C@@H]2[C@H]1NCCc2ccccc21. The predicted octanol–water partition coefficient (Wildman–Crippen LogP) is 2.76. The highest BCUT2D eigenvalue weighted by Crippen LogP contribution is 2.36. The second-order valence-electron chi connectivity index (χ2n) is 5.76. The summed E-state index contributed by atoms with van der Waals surface area (Å²) in [6, 6.07) is 18.5. The summed E-state index contributed by atoms with van der Waals surface area (Å²) in [4.78, 5) is 0. The molecule has 0 aromatic heterocycles. The maximum Gasteiger partial charge on any atom is 0.0521 e. The molecule has 2 heteroatoms. The standard InChI is InChI=1S/C18H20N2/c1-3-7-15-13(5-1)9-11-19-17(15)18-16-8-4-2-6-14(16)10-12-20-18/h1-8,17-20H,9-12H2/t17-,18-/m0/s1. The second-order valence-corrected chi connectivity index (χ2v) is 5.76. The van der Waals surface area contributed by atoms with Crippen molar-refractivity contribution in [3.63, 3.8) is 0 Å². The zero-order valence-electron chi connectivity index (χ0n) is 11.6. The highest BCUT2D eigenvalue weighted by Gasteiger charge is 2.31. The fourth-order valence-electron chi connectivity index (χ4n) is 3.67. The van der Waals surface area contributed by atoms with E-state index in [0.717, 1.165) is 25.9 Å². The third-order valence-electron chi connectivity index (χ3n) is 4.63. The summed E-state index contributed by atoms with van der Waals surface area (Å²) in [5, 5.41) is 7.45.